The highest BCUT2D eigenvalue weighted by Crippen LogP contribution is 2.18. The van der Waals surface area contributed by atoms with Crippen molar-refractivity contribution in [2.45, 2.75) is 353 Å². The zero-order chi connectivity index (χ0) is 50.0. The van der Waals surface area contributed by atoms with Crippen LogP contribution < -0.4 is 5.32 Å². The third-order valence-electron chi connectivity index (χ3n) is 14.5. The Bertz CT molecular complexity index is 1080. The Hall–Kier alpha value is -1.66. The molecule has 6 heteroatoms. The Morgan fingerprint density at radius 3 is 1.10 bits per heavy atom. The molecule has 0 saturated carbocycles. The summed E-state index contributed by atoms with van der Waals surface area (Å²) in [6.07, 6.45) is 71.8. The van der Waals surface area contributed by atoms with E-state index >= 15 is 0 Å². The highest BCUT2D eigenvalue weighted by molar-refractivity contribution is 5.76. The van der Waals surface area contributed by atoms with Crippen molar-refractivity contribution in [2.75, 3.05) is 13.2 Å². The molecular formula is C63H121NO5. The normalized spacial score (nSPS) is 12.7. The molecule has 6 nitrogen and oxygen atoms in total. The summed E-state index contributed by atoms with van der Waals surface area (Å²) in [5.74, 6) is -0.0609. The van der Waals surface area contributed by atoms with Crippen molar-refractivity contribution in [2.24, 2.45) is 0 Å². The van der Waals surface area contributed by atoms with E-state index in [1.54, 1.807) is 0 Å². The molecule has 0 heterocycles. The molecule has 0 radical (unpaired) electrons. The lowest BCUT2D eigenvalue weighted by molar-refractivity contribution is -0.143. The van der Waals surface area contributed by atoms with Gasteiger partial charge in [-0.3, -0.25) is 9.59 Å². The van der Waals surface area contributed by atoms with Gasteiger partial charge in [-0.25, -0.2) is 0 Å². The summed E-state index contributed by atoms with van der Waals surface area (Å²) < 4.78 is 5.45. The first-order valence-electron chi connectivity index (χ1n) is 31.1. The van der Waals surface area contributed by atoms with Crippen molar-refractivity contribution in [3.05, 3.63) is 24.3 Å². The predicted octanol–water partition coefficient (Wildman–Crippen LogP) is 19.4. The van der Waals surface area contributed by atoms with E-state index in [9.17, 15) is 19.8 Å². The number of carbonyl (C=O) groups excluding carboxylic acids is 2. The van der Waals surface area contributed by atoms with Gasteiger partial charge in [-0.1, -0.05) is 289 Å². The number of amides is 1. The van der Waals surface area contributed by atoms with Gasteiger partial charge >= 0.3 is 5.97 Å². The van der Waals surface area contributed by atoms with E-state index < -0.39 is 12.1 Å². The van der Waals surface area contributed by atoms with Crippen molar-refractivity contribution >= 4 is 11.9 Å². The van der Waals surface area contributed by atoms with Gasteiger partial charge in [0.1, 0.15) is 0 Å². The lowest BCUT2D eigenvalue weighted by atomic mass is 10.0. The molecule has 0 fully saturated rings. The maximum absolute atomic E-state index is 12.5. The predicted molar refractivity (Wildman–Crippen MR) is 301 cm³/mol. The van der Waals surface area contributed by atoms with Crippen LogP contribution in [0.5, 0.6) is 0 Å². The lowest BCUT2D eigenvalue weighted by Crippen LogP contribution is -2.45. The summed E-state index contributed by atoms with van der Waals surface area (Å²) in [5.41, 5.74) is 0. The monoisotopic (exact) mass is 972 g/mol. The molecule has 2 unspecified atom stereocenters. The first-order valence-corrected chi connectivity index (χ1v) is 31.1. The molecular weight excluding hydrogens is 851 g/mol. The van der Waals surface area contributed by atoms with Gasteiger partial charge in [0.25, 0.3) is 0 Å². The largest absolute Gasteiger partial charge is 0.466 e. The molecule has 0 aliphatic heterocycles. The van der Waals surface area contributed by atoms with Crippen molar-refractivity contribution in [3.63, 3.8) is 0 Å². The number of hydrogen-bond acceptors (Lipinski definition) is 5. The van der Waals surface area contributed by atoms with E-state index in [-0.39, 0.29) is 18.5 Å². The molecule has 0 saturated heterocycles. The Morgan fingerprint density at radius 1 is 0.406 bits per heavy atom. The molecule has 0 rings (SSSR count). The molecule has 0 aliphatic rings. The number of ether oxygens (including phenoxy) is 1. The zero-order valence-electron chi connectivity index (χ0n) is 46.6. The summed E-state index contributed by atoms with van der Waals surface area (Å²) >= 11 is 0. The van der Waals surface area contributed by atoms with Crippen LogP contribution in [0.4, 0.5) is 0 Å². The summed E-state index contributed by atoms with van der Waals surface area (Å²) in [7, 11) is 0. The van der Waals surface area contributed by atoms with Crippen molar-refractivity contribution in [3.8, 4) is 0 Å². The second-order valence-electron chi connectivity index (χ2n) is 21.4. The second-order valence-corrected chi connectivity index (χ2v) is 21.4. The molecule has 408 valence electrons. The highest BCUT2D eigenvalue weighted by atomic mass is 16.5. The topological polar surface area (TPSA) is 95.9 Å². The second kappa shape index (κ2) is 58.9. The van der Waals surface area contributed by atoms with Gasteiger partial charge < -0.3 is 20.3 Å². The quantitative estimate of drug-likeness (QED) is 0.0321. The molecule has 1 amide bonds. The van der Waals surface area contributed by atoms with Crippen LogP contribution in [0.25, 0.3) is 0 Å². The molecule has 2 atom stereocenters. The Balaban J connectivity index is 3.48. The van der Waals surface area contributed by atoms with Crippen molar-refractivity contribution in [1.29, 1.82) is 0 Å². The number of unbranched alkanes of at least 4 members (excludes halogenated alkanes) is 43. The number of aliphatic hydroxyl groups is 2. The first-order chi connectivity index (χ1) is 34.0. The van der Waals surface area contributed by atoms with E-state index in [2.05, 4.69) is 43.5 Å². The third kappa shape index (κ3) is 55.5. The smallest absolute Gasteiger partial charge is 0.305 e. The van der Waals surface area contributed by atoms with E-state index in [1.165, 1.54) is 225 Å². The van der Waals surface area contributed by atoms with Gasteiger partial charge in [-0.15, -0.1) is 0 Å². The van der Waals surface area contributed by atoms with Crippen LogP contribution in [-0.4, -0.2) is 47.4 Å². The number of esters is 1. The number of allylic oxidation sites excluding steroid dienone is 4. The molecule has 69 heavy (non-hydrogen) atoms. The maximum atomic E-state index is 12.5. The molecule has 0 aromatic rings. The van der Waals surface area contributed by atoms with Gasteiger partial charge in [0.05, 0.1) is 25.4 Å². The maximum Gasteiger partial charge on any atom is 0.305 e. The number of hydrogen-bond donors (Lipinski definition) is 3. The minimum atomic E-state index is -0.676. The number of rotatable bonds is 58. The van der Waals surface area contributed by atoms with Crippen LogP contribution in [0.2, 0.25) is 0 Å². The molecule has 0 bridgehead atoms. The highest BCUT2D eigenvalue weighted by Gasteiger charge is 2.20. The average Bonchev–Trinajstić information content (AvgIpc) is 3.35. The van der Waals surface area contributed by atoms with Gasteiger partial charge in [-0.2, -0.15) is 0 Å². The fourth-order valence-electron chi connectivity index (χ4n) is 9.73. The van der Waals surface area contributed by atoms with Crippen LogP contribution in [0, 0.1) is 0 Å². The summed E-state index contributed by atoms with van der Waals surface area (Å²) in [5, 5.41) is 23.4. The molecule has 0 aromatic heterocycles. The van der Waals surface area contributed by atoms with E-state index in [0.717, 1.165) is 83.5 Å². The average molecular weight is 973 g/mol. The number of aliphatic hydroxyl groups excluding tert-OH is 2. The zero-order valence-corrected chi connectivity index (χ0v) is 46.6. The Morgan fingerprint density at radius 2 is 0.725 bits per heavy atom. The van der Waals surface area contributed by atoms with Crippen molar-refractivity contribution in [1.82, 2.24) is 5.32 Å². The third-order valence-corrected chi connectivity index (χ3v) is 14.5. The van der Waals surface area contributed by atoms with E-state index in [4.69, 9.17) is 4.74 Å². The Kier molecular flexibility index (Phi) is 57.5. The van der Waals surface area contributed by atoms with E-state index in [1.807, 2.05) is 0 Å². The van der Waals surface area contributed by atoms with E-state index in [0.29, 0.717) is 25.9 Å². The lowest BCUT2D eigenvalue weighted by Gasteiger charge is -2.22. The van der Waals surface area contributed by atoms with Crippen LogP contribution in [0.15, 0.2) is 24.3 Å². The molecule has 3 N–H and O–H groups in total. The van der Waals surface area contributed by atoms with Gasteiger partial charge in [-0.05, 0) is 64.2 Å². The van der Waals surface area contributed by atoms with Crippen LogP contribution >= 0.6 is 0 Å². The summed E-state index contributed by atoms with van der Waals surface area (Å²) in [4.78, 5) is 24.5. The minimum absolute atomic E-state index is 0.0132. The summed E-state index contributed by atoms with van der Waals surface area (Å²) in [6, 6.07) is -0.554. The fraction of sp³-hybridized carbons (Fsp3) is 0.905. The standard InChI is InChI=1S/C63H121NO5/c1-3-5-7-9-11-13-15-17-18-19-20-21-22-23-25-28-32-35-39-43-47-51-55-61(66)60(59-65)64-62(67)56-52-48-44-40-36-33-29-26-24-27-30-34-38-42-46-50-54-58-69-63(68)57-53-49-45-41-37-31-16-14-12-10-8-6-4-2/h24,27,34,38,60-61,65-66H,3-23,25-26,28-33,35-37,39-59H2,1-2H3,(H,64,67)/b27-24-,38-34-. The number of nitrogens with one attached hydrogen (secondary N) is 1. The first kappa shape index (κ1) is 67.3. The molecule has 0 aromatic carbocycles. The summed E-state index contributed by atoms with van der Waals surface area (Å²) in [6.45, 7) is 4.93. The minimum Gasteiger partial charge on any atom is -0.466 e. The molecule has 0 aliphatic carbocycles. The van der Waals surface area contributed by atoms with Gasteiger partial charge in [0.2, 0.25) is 5.91 Å². The van der Waals surface area contributed by atoms with Crippen LogP contribution in [0.1, 0.15) is 341 Å². The van der Waals surface area contributed by atoms with Crippen LogP contribution in [-0.2, 0) is 14.3 Å². The number of carbonyl (C=O) groups is 2. The van der Waals surface area contributed by atoms with Gasteiger partial charge in [0.15, 0.2) is 0 Å². The van der Waals surface area contributed by atoms with Gasteiger partial charge in [0, 0.05) is 12.8 Å². The molecule has 0 spiro atoms. The van der Waals surface area contributed by atoms with Crippen LogP contribution in [0.3, 0.4) is 0 Å². The fourth-order valence-corrected chi connectivity index (χ4v) is 9.73. The Labute approximate surface area is 431 Å². The van der Waals surface area contributed by atoms with Crippen molar-refractivity contribution < 1.29 is 24.5 Å². The SMILES string of the molecule is CCCCCCCCCCCCCCCCCCCCCCCCC(O)C(CO)NC(=O)CCCCCCCCC/C=C\C/C=C\CCCCCOC(=O)CCCCCCCCCCCCCCC.